The predicted molar refractivity (Wildman–Crippen MR) is 323 cm³/mol. The molecule has 12 nitrogen and oxygen atoms in total. The number of unbranched alkanes of at least 4 members (excludes halogenated alkanes) is 10. The molecule has 0 heterocycles. The second-order valence-corrected chi connectivity index (χ2v) is 27.4. The number of carbonyl (C=O) groups excluding carboxylic acids is 6. The van der Waals surface area contributed by atoms with E-state index in [2.05, 4.69) is 13.8 Å². The van der Waals surface area contributed by atoms with Gasteiger partial charge in [0.1, 0.15) is 7.06 Å². The number of esters is 6. The topological polar surface area (TPSA) is 158 Å². The van der Waals surface area contributed by atoms with Crippen molar-refractivity contribution in [3.8, 4) is 0 Å². The first-order valence-electron chi connectivity index (χ1n) is 28.4. The van der Waals surface area contributed by atoms with Gasteiger partial charge in [-0.2, -0.15) is 0 Å². The molecule has 0 fully saturated rings. The Labute approximate surface area is 482 Å². The third kappa shape index (κ3) is 37.1. The van der Waals surface area contributed by atoms with E-state index in [1.165, 1.54) is 23.5 Å². The van der Waals surface area contributed by atoms with Gasteiger partial charge in [-0.05, 0) is 155 Å². The summed E-state index contributed by atoms with van der Waals surface area (Å²) in [5, 5.41) is 0. The lowest BCUT2D eigenvalue weighted by atomic mass is 9.80. The zero-order chi connectivity index (χ0) is 56.3. The van der Waals surface area contributed by atoms with E-state index in [0.29, 0.717) is 82.7 Å². The van der Waals surface area contributed by atoms with E-state index in [-0.39, 0.29) is 50.1 Å². The minimum absolute atomic E-state index is 0.176. The van der Waals surface area contributed by atoms with Crippen LogP contribution in [0.3, 0.4) is 0 Å². The molecule has 75 heavy (non-hydrogen) atoms. The van der Waals surface area contributed by atoms with Crippen LogP contribution >= 0.6 is 71.5 Å². The fourth-order valence-corrected chi connectivity index (χ4v) is 12.3. The first-order chi connectivity index (χ1) is 35.8. The van der Waals surface area contributed by atoms with Gasteiger partial charge in [-0.1, -0.05) is 98.1 Å². The molecule has 0 aliphatic carbocycles. The van der Waals surface area contributed by atoms with Crippen LogP contribution in [-0.2, 0) is 57.2 Å². The molecule has 0 saturated carbocycles. The zero-order valence-corrected chi connectivity index (χ0v) is 52.9. The third-order valence-corrected chi connectivity index (χ3v) is 18.8. The zero-order valence-electron chi connectivity index (χ0n) is 48.0. The minimum atomic E-state index is -1.01. The number of rotatable bonds is 46. The number of thioether (sulfide) groups is 4. The summed E-state index contributed by atoms with van der Waals surface area (Å²) < 4.78 is 35.7. The van der Waals surface area contributed by atoms with E-state index < -0.39 is 46.4 Å². The van der Waals surface area contributed by atoms with Gasteiger partial charge in [-0.25, -0.2) is 0 Å². The standard InChI is InChI=1S/C57H100O12S6/c1-11-17-32-64-50(60)46(42-74-54(70)72-38-19-13-3)31-30-45(41-57(9,10)53(63)69-37-28-24-23-27-36-68-52(62)56(7,8)16-6)49(59)67-35-26-22-21-25-34-66-48(58)44(29-15-5)40-47(51(61)65-33-18-12-2)43-75-55(71)73-39-20-14-4/h44-47H,11-43H2,1-10H3. The average Bonchev–Trinajstić information content (AvgIpc) is 3.38. The van der Waals surface area contributed by atoms with Gasteiger partial charge in [0, 0.05) is 11.5 Å². The lowest BCUT2D eigenvalue weighted by Crippen LogP contribution is -2.33. The Balaban J connectivity index is 5.62. The van der Waals surface area contributed by atoms with Gasteiger partial charge in [-0.15, -0.1) is 47.0 Å². The smallest absolute Gasteiger partial charge is 0.311 e. The molecular weight excluding hydrogens is 1070 g/mol. The fourth-order valence-electron chi connectivity index (χ4n) is 7.38. The van der Waals surface area contributed by atoms with Crippen LogP contribution in [-0.4, -0.2) is 106 Å². The van der Waals surface area contributed by atoms with E-state index in [0.717, 1.165) is 108 Å². The molecule has 0 aromatic carbocycles. The molecule has 0 rings (SSSR count). The van der Waals surface area contributed by atoms with Gasteiger partial charge in [0.2, 0.25) is 0 Å². The Kier molecular flexibility index (Phi) is 45.2. The molecular formula is C57H100O12S6. The molecule has 0 aromatic heterocycles. The predicted octanol–water partition coefficient (Wildman–Crippen LogP) is 15.4. The summed E-state index contributed by atoms with van der Waals surface area (Å²) in [6, 6.07) is 0. The second-order valence-electron chi connectivity index (χ2n) is 20.7. The summed E-state index contributed by atoms with van der Waals surface area (Å²) in [4.78, 5) is 79.8. The lowest BCUT2D eigenvalue weighted by molar-refractivity contribution is -0.159. The van der Waals surface area contributed by atoms with Gasteiger partial charge in [0.15, 0.2) is 0 Å². The maximum Gasteiger partial charge on any atom is 0.311 e. The molecule has 436 valence electrons. The number of carbonyl (C=O) groups is 6. The van der Waals surface area contributed by atoms with E-state index >= 15 is 0 Å². The molecule has 4 atom stereocenters. The highest BCUT2D eigenvalue weighted by atomic mass is 32.2. The van der Waals surface area contributed by atoms with Crippen molar-refractivity contribution in [2.75, 3.05) is 62.7 Å². The molecule has 0 aliphatic rings. The Morgan fingerprint density at radius 3 is 1.17 bits per heavy atom. The Hall–Kier alpha value is -1.60. The highest BCUT2D eigenvalue weighted by molar-refractivity contribution is 8.47. The van der Waals surface area contributed by atoms with Gasteiger partial charge in [0.05, 0.1) is 74.1 Å². The molecule has 18 heteroatoms. The van der Waals surface area contributed by atoms with Crippen LogP contribution in [0.15, 0.2) is 0 Å². The molecule has 0 spiro atoms. The van der Waals surface area contributed by atoms with Crippen LogP contribution in [0.1, 0.15) is 217 Å². The lowest BCUT2D eigenvalue weighted by Gasteiger charge is -2.28. The van der Waals surface area contributed by atoms with Crippen LogP contribution in [0.25, 0.3) is 0 Å². The summed E-state index contributed by atoms with van der Waals surface area (Å²) >= 11 is 17.4. The normalized spacial score (nSPS) is 13.3. The summed E-state index contributed by atoms with van der Waals surface area (Å²) in [5.41, 5.74) is -1.51. The molecule has 0 N–H and O–H groups in total. The first-order valence-corrected chi connectivity index (χ1v) is 33.2. The number of thiocarbonyl (C=S) groups is 2. The molecule has 4 unspecified atom stereocenters. The van der Waals surface area contributed by atoms with Crippen molar-refractivity contribution in [1.29, 1.82) is 0 Å². The van der Waals surface area contributed by atoms with Crippen LogP contribution < -0.4 is 0 Å². The van der Waals surface area contributed by atoms with Crippen molar-refractivity contribution < 1.29 is 57.2 Å². The second kappa shape index (κ2) is 46.2. The summed E-state index contributed by atoms with van der Waals surface area (Å²) in [6.07, 6.45) is 16.7. The molecule has 0 amide bonds. The molecule has 0 saturated heterocycles. The fraction of sp³-hybridized carbons (Fsp3) is 0.860. The highest BCUT2D eigenvalue weighted by Gasteiger charge is 2.37. The van der Waals surface area contributed by atoms with E-state index in [9.17, 15) is 28.8 Å². The SMILES string of the molecule is CCCCOC(=O)C(CCC(CC(C)(C)C(=O)OCCCCCCOC(=O)C(C)(C)CC)C(=O)OCCCCCCOC(=O)C(CCC)CC(CSC(=S)SCCCC)C(=O)OCCCC)CSC(=S)SCCCC. The Morgan fingerprint density at radius 1 is 0.387 bits per heavy atom. The van der Waals surface area contributed by atoms with Crippen molar-refractivity contribution in [3.05, 3.63) is 0 Å². The summed E-state index contributed by atoms with van der Waals surface area (Å²) in [6.45, 7) is 21.4. The van der Waals surface area contributed by atoms with Crippen molar-refractivity contribution in [3.63, 3.8) is 0 Å². The van der Waals surface area contributed by atoms with Gasteiger partial charge >= 0.3 is 35.8 Å². The molecule has 0 bridgehead atoms. The summed E-state index contributed by atoms with van der Waals surface area (Å²) in [5.74, 6) is -1.20. The van der Waals surface area contributed by atoms with Gasteiger partial charge < -0.3 is 28.4 Å². The maximum atomic E-state index is 13.9. The van der Waals surface area contributed by atoms with Crippen molar-refractivity contribution in [1.82, 2.24) is 0 Å². The van der Waals surface area contributed by atoms with Crippen LogP contribution in [0.2, 0.25) is 0 Å². The van der Waals surface area contributed by atoms with Crippen molar-refractivity contribution in [2.24, 2.45) is 34.5 Å². The maximum absolute atomic E-state index is 13.9. The minimum Gasteiger partial charge on any atom is -0.465 e. The Bertz CT molecular complexity index is 1610. The molecule has 0 aliphatic heterocycles. The Morgan fingerprint density at radius 2 is 0.747 bits per heavy atom. The highest BCUT2D eigenvalue weighted by Crippen LogP contribution is 2.34. The average molecular weight is 1170 g/mol. The van der Waals surface area contributed by atoms with Crippen LogP contribution in [0.5, 0.6) is 0 Å². The number of hydrogen-bond acceptors (Lipinski definition) is 18. The first kappa shape index (κ1) is 73.4. The van der Waals surface area contributed by atoms with E-state index in [1.807, 2.05) is 41.5 Å². The largest absolute Gasteiger partial charge is 0.465 e. The number of ether oxygens (including phenoxy) is 6. The monoisotopic (exact) mass is 1170 g/mol. The van der Waals surface area contributed by atoms with Gasteiger partial charge in [-0.3, -0.25) is 28.8 Å². The molecule has 0 radical (unpaired) electrons. The molecule has 0 aromatic rings. The van der Waals surface area contributed by atoms with E-state index in [1.54, 1.807) is 37.4 Å². The van der Waals surface area contributed by atoms with Crippen LogP contribution in [0.4, 0.5) is 0 Å². The summed E-state index contributed by atoms with van der Waals surface area (Å²) in [7, 11) is 0. The van der Waals surface area contributed by atoms with Crippen molar-refractivity contribution in [2.45, 2.75) is 217 Å². The van der Waals surface area contributed by atoms with Crippen LogP contribution in [0, 0.1) is 34.5 Å². The quantitative estimate of drug-likeness (QED) is 0.0245. The number of hydrogen-bond donors (Lipinski definition) is 0. The van der Waals surface area contributed by atoms with E-state index in [4.69, 9.17) is 52.9 Å². The van der Waals surface area contributed by atoms with Crippen molar-refractivity contribution >= 4 is 114 Å². The third-order valence-electron chi connectivity index (χ3n) is 12.9. The van der Waals surface area contributed by atoms with Gasteiger partial charge in [0.25, 0.3) is 0 Å².